The van der Waals surface area contributed by atoms with Gasteiger partial charge in [0.15, 0.2) is 0 Å². The first-order valence-electron chi connectivity index (χ1n) is 11.8. The first-order valence-corrected chi connectivity index (χ1v) is 11.8. The number of carbonyl (C=O) groups is 1. The number of rotatable bonds is 16. The topological polar surface area (TPSA) is 37.3 Å². The van der Waals surface area contributed by atoms with Gasteiger partial charge in [-0.05, 0) is 44.4 Å². The van der Waals surface area contributed by atoms with Crippen LogP contribution in [0.4, 0.5) is 0 Å². The summed E-state index contributed by atoms with van der Waals surface area (Å²) < 4.78 is 0. The molecule has 1 rings (SSSR count). The molecule has 1 aliphatic rings. The molecule has 27 heavy (non-hydrogen) atoms. The van der Waals surface area contributed by atoms with E-state index >= 15 is 0 Å². The number of allylic oxidation sites excluding steroid dienone is 2. The Balaban J connectivity index is 2.02. The molecule has 158 valence electrons. The molecule has 0 aromatic rings. The molecule has 0 amide bonds. The molecule has 1 aliphatic carbocycles. The van der Waals surface area contributed by atoms with Gasteiger partial charge in [0.25, 0.3) is 0 Å². The van der Waals surface area contributed by atoms with Crippen LogP contribution in [0.3, 0.4) is 0 Å². The predicted octanol–water partition coefficient (Wildman–Crippen LogP) is 7.39. The van der Waals surface area contributed by atoms with Gasteiger partial charge in [-0.1, -0.05) is 95.6 Å². The van der Waals surface area contributed by atoms with E-state index in [1.165, 1.54) is 95.3 Å². The van der Waals surface area contributed by atoms with Gasteiger partial charge in [0, 0.05) is 12.5 Å². The van der Waals surface area contributed by atoms with Crippen LogP contribution < -0.4 is 0 Å². The maximum absolute atomic E-state index is 11.3. The average molecular weight is 379 g/mol. The molecule has 0 fully saturated rings. The minimum absolute atomic E-state index is 0.183. The third kappa shape index (κ3) is 9.92. The highest BCUT2D eigenvalue weighted by atomic mass is 16.2. The molecular formula is C25H46O2. The van der Waals surface area contributed by atoms with Crippen molar-refractivity contribution in [1.29, 1.82) is 0 Å². The van der Waals surface area contributed by atoms with Crippen molar-refractivity contribution in [3.8, 4) is 0 Å². The highest BCUT2D eigenvalue weighted by Gasteiger charge is 2.32. The summed E-state index contributed by atoms with van der Waals surface area (Å²) in [5.41, 5.74) is 3.24. The molecule has 0 heterocycles. The Bertz CT molecular complexity index is 422. The number of aliphatic hydroxyl groups excluding tert-OH is 1. The van der Waals surface area contributed by atoms with Crippen molar-refractivity contribution in [1.82, 2.24) is 0 Å². The van der Waals surface area contributed by atoms with Gasteiger partial charge in [-0.2, -0.15) is 0 Å². The van der Waals surface area contributed by atoms with Crippen LogP contribution in [-0.4, -0.2) is 18.0 Å². The van der Waals surface area contributed by atoms with E-state index in [4.69, 9.17) is 5.11 Å². The maximum Gasteiger partial charge on any atom is 0.127 e. The summed E-state index contributed by atoms with van der Waals surface area (Å²) >= 11 is 0. The Hall–Kier alpha value is -0.630. The Kier molecular flexibility index (Phi) is 13.0. The van der Waals surface area contributed by atoms with Crippen molar-refractivity contribution >= 4 is 6.29 Å². The van der Waals surface area contributed by atoms with E-state index in [0.717, 1.165) is 19.3 Å². The fourth-order valence-electron chi connectivity index (χ4n) is 4.71. The second kappa shape index (κ2) is 14.4. The molecule has 0 aromatic carbocycles. The molecule has 0 bridgehead atoms. The van der Waals surface area contributed by atoms with Gasteiger partial charge >= 0.3 is 0 Å². The fourth-order valence-corrected chi connectivity index (χ4v) is 4.71. The first kappa shape index (κ1) is 24.4. The van der Waals surface area contributed by atoms with Crippen LogP contribution in [0.5, 0.6) is 0 Å². The van der Waals surface area contributed by atoms with Gasteiger partial charge in [-0.3, -0.25) is 0 Å². The molecule has 0 spiro atoms. The van der Waals surface area contributed by atoms with E-state index < -0.39 is 0 Å². The molecule has 1 N–H and O–H groups in total. The van der Waals surface area contributed by atoms with Crippen molar-refractivity contribution < 1.29 is 9.90 Å². The Morgan fingerprint density at radius 3 is 1.74 bits per heavy atom. The number of aliphatic hydroxyl groups is 1. The number of aldehydes is 1. The summed E-state index contributed by atoms with van der Waals surface area (Å²) in [5.74, 6) is 0.183. The van der Waals surface area contributed by atoms with Crippen LogP contribution in [-0.2, 0) is 4.79 Å². The predicted molar refractivity (Wildman–Crippen MR) is 117 cm³/mol. The van der Waals surface area contributed by atoms with Crippen molar-refractivity contribution in [2.75, 3.05) is 6.61 Å². The van der Waals surface area contributed by atoms with Crippen molar-refractivity contribution in [2.45, 2.75) is 124 Å². The van der Waals surface area contributed by atoms with Crippen LogP contribution in [0.15, 0.2) is 11.1 Å². The third-order valence-electron chi connectivity index (χ3n) is 6.68. The summed E-state index contributed by atoms with van der Waals surface area (Å²) in [5, 5.41) is 8.75. The zero-order valence-corrected chi connectivity index (χ0v) is 18.5. The van der Waals surface area contributed by atoms with E-state index in [9.17, 15) is 4.79 Å². The normalized spacial score (nSPS) is 19.5. The van der Waals surface area contributed by atoms with Crippen LogP contribution in [0, 0.1) is 11.3 Å². The van der Waals surface area contributed by atoms with E-state index in [1.807, 2.05) is 0 Å². The lowest BCUT2D eigenvalue weighted by Crippen LogP contribution is -2.26. The van der Waals surface area contributed by atoms with Gasteiger partial charge in [0.2, 0.25) is 0 Å². The first-order chi connectivity index (χ1) is 13.0. The van der Waals surface area contributed by atoms with Gasteiger partial charge in [-0.15, -0.1) is 0 Å². The SMILES string of the molecule is CC1=C(CCCCCCCCCCCCCCCO)C(C)(C)CCC1C=O. The van der Waals surface area contributed by atoms with Crippen LogP contribution in [0.2, 0.25) is 0 Å². The molecule has 1 unspecified atom stereocenters. The average Bonchev–Trinajstić information content (AvgIpc) is 2.64. The van der Waals surface area contributed by atoms with Crippen LogP contribution in [0.25, 0.3) is 0 Å². The van der Waals surface area contributed by atoms with Crippen LogP contribution in [0.1, 0.15) is 124 Å². The quantitative estimate of drug-likeness (QED) is 0.173. The van der Waals surface area contributed by atoms with E-state index in [0.29, 0.717) is 12.0 Å². The molecular weight excluding hydrogens is 332 g/mol. The molecule has 0 saturated heterocycles. The number of carbonyl (C=O) groups excluding carboxylic acids is 1. The van der Waals surface area contributed by atoms with E-state index in [-0.39, 0.29) is 5.92 Å². The highest BCUT2D eigenvalue weighted by molar-refractivity contribution is 5.60. The third-order valence-corrected chi connectivity index (χ3v) is 6.68. The van der Waals surface area contributed by atoms with E-state index in [1.54, 1.807) is 5.57 Å². The van der Waals surface area contributed by atoms with Gasteiger partial charge in [-0.25, -0.2) is 0 Å². The standard InChI is InChI=1S/C25H46O2/c1-22-23(21-27)18-19-25(2,3)24(22)17-15-13-11-9-7-5-4-6-8-10-12-14-16-20-26/h21,23,26H,4-20H2,1-3H3. The number of hydrogen-bond donors (Lipinski definition) is 1. The molecule has 0 aromatic heterocycles. The minimum Gasteiger partial charge on any atom is -0.396 e. The lowest BCUT2D eigenvalue weighted by atomic mass is 9.68. The number of hydrogen-bond acceptors (Lipinski definition) is 2. The summed E-state index contributed by atoms with van der Waals surface area (Å²) in [6.07, 6.45) is 21.7. The van der Waals surface area contributed by atoms with Crippen molar-refractivity contribution in [2.24, 2.45) is 11.3 Å². The summed E-state index contributed by atoms with van der Waals surface area (Å²) in [7, 11) is 0. The Morgan fingerprint density at radius 2 is 1.30 bits per heavy atom. The van der Waals surface area contributed by atoms with Crippen molar-refractivity contribution in [3.63, 3.8) is 0 Å². The van der Waals surface area contributed by atoms with Gasteiger partial charge in [0.1, 0.15) is 6.29 Å². The molecule has 0 saturated carbocycles. The van der Waals surface area contributed by atoms with E-state index in [2.05, 4.69) is 20.8 Å². The largest absolute Gasteiger partial charge is 0.396 e. The van der Waals surface area contributed by atoms with Crippen LogP contribution >= 0.6 is 0 Å². The van der Waals surface area contributed by atoms with Crippen molar-refractivity contribution in [3.05, 3.63) is 11.1 Å². The molecule has 0 aliphatic heterocycles. The number of unbranched alkanes of at least 4 members (excludes halogenated alkanes) is 12. The highest BCUT2D eigenvalue weighted by Crippen LogP contribution is 2.44. The lowest BCUT2D eigenvalue weighted by Gasteiger charge is -2.37. The second-order valence-electron chi connectivity index (χ2n) is 9.40. The zero-order valence-electron chi connectivity index (χ0n) is 18.5. The summed E-state index contributed by atoms with van der Waals surface area (Å²) in [4.78, 5) is 11.3. The zero-order chi connectivity index (χ0) is 20.0. The monoisotopic (exact) mass is 378 g/mol. The smallest absolute Gasteiger partial charge is 0.127 e. The Labute approximate surface area is 169 Å². The molecule has 2 heteroatoms. The maximum atomic E-state index is 11.3. The van der Waals surface area contributed by atoms with Gasteiger partial charge < -0.3 is 9.90 Å². The Morgan fingerprint density at radius 1 is 0.852 bits per heavy atom. The minimum atomic E-state index is 0.183. The second-order valence-corrected chi connectivity index (χ2v) is 9.40. The summed E-state index contributed by atoms with van der Waals surface area (Å²) in [6, 6.07) is 0. The fraction of sp³-hybridized carbons (Fsp3) is 0.880. The lowest BCUT2D eigenvalue weighted by molar-refractivity contribution is -0.110. The van der Waals surface area contributed by atoms with Gasteiger partial charge in [0.05, 0.1) is 0 Å². The molecule has 0 radical (unpaired) electrons. The molecule has 1 atom stereocenters. The molecule has 2 nitrogen and oxygen atoms in total. The summed E-state index contributed by atoms with van der Waals surface area (Å²) in [6.45, 7) is 7.27.